The summed E-state index contributed by atoms with van der Waals surface area (Å²) in [4.78, 5) is 62.2. The summed E-state index contributed by atoms with van der Waals surface area (Å²) >= 11 is 3.64. The maximum atomic E-state index is 12.9. The van der Waals surface area contributed by atoms with Gasteiger partial charge in [0.25, 0.3) is 0 Å². The molecule has 8 N–H and O–H groups in total. The number of aliphatic hydroxyl groups is 1. The number of imidazole rings is 1. The van der Waals surface area contributed by atoms with Crippen molar-refractivity contribution >= 4 is 115 Å². The maximum absolute atomic E-state index is 12.9. The Hall–Kier alpha value is -6.77. The van der Waals surface area contributed by atoms with Gasteiger partial charge in [-0.25, -0.2) is 33.7 Å². The van der Waals surface area contributed by atoms with Gasteiger partial charge < -0.3 is 92.2 Å². The van der Waals surface area contributed by atoms with E-state index in [4.69, 9.17) is 52.9 Å². The van der Waals surface area contributed by atoms with Gasteiger partial charge in [-0.3, -0.25) is 13.9 Å². The summed E-state index contributed by atoms with van der Waals surface area (Å²) in [5, 5.41) is 20.4. The highest BCUT2D eigenvalue weighted by atomic mass is 32.2. The van der Waals surface area contributed by atoms with E-state index in [0.717, 1.165) is 80.3 Å². The molecule has 0 aliphatic carbocycles. The van der Waals surface area contributed by atoms with Crippen molar-refractivity contribution in [2.24, 2.45) is 0 Å². The number of nitrogens with zero attached hydrogens (tertiary/aromatic N) is 10. The van der Waals surface area contributed by atoms with E-state index in [1.165, 1.54) is 81.4 Å². The van der Waals surface area contributed by atoms with Gasteiger partial charge in [-0.05, 0) is 72.5 Å². The average Bonchev–Trinajstić information content (AvgIpc) is 1.68. The number of rotatable bonds is 54. The molecule has 4 aromatic carbocycles. The number of aliphatic hydroxyl groups excluding tert-OH is 1. The molecule has 0 bridgehead atoms. The van der Waals surface area contributed by atoms with E-state index >= 15 is 0 Å². The Morgan fingerprint density at radius 3 is 1.61 bits per heavy atom. The fourth-order valence-corrected chi connectivity index (χ4v) is 20.2. The molecule has 119 heavy (non-hydrogen) atoms. The van der Waals surface area contributed by atoms with Gasteiger partial charge in [-0.15, -0.1) is 0 Å². The highest BCUT2D eigenvalue weighted by Crippen LogP contribution is 2.66. The molecule has 7 heterocycles. The molecule has 1 saturated heterocycles. The number of aromatic nitrogens is 6. The Balaban J connectivity index is 0.499. The molecule has 1 fully saturated rings. The molecular weight excluding hydrogens is 1630 g/mol. The molecule has 11 rings (SSSR count). The Bertz CT molecular complexity index is 4650. The van der Waals surface area contributed by atoms with Crippen LogP contribution in [0.4, 0.5) is 17.2 Å². The van der Waals surface area contributed by atoms with Crippen molar-refractivity contribution in [2.75, 3.05) is 203 Å². The first kappa shape index (κ1) is 92.9. The fraction of sp³-hybridized carbons (Fsp3) is 0.506. The third-order valence-electron chi connectivity index (χ3n) is 20.2. The second-order valence-electron chi connectivity index (χ2n) is 30.4. The molecular formula is C81H116N13O20P3S2+4. The number of carbonyl (C=O) groups is 1. The van der Waals surface area contributed by atoms with Crippen molar-refractivity contribution in [2.45, 2.75) is 92.4 Å². The highest BCUT2D eigenvalue weighted by molar-refractivity contribution is 8.04. The second kappa shape index (κ2) is 45.6. The summed E-state index contributed by atoms with van der Waals surface area (Å²) in [7, 11) is -2.51. The number of hydrogen-bond donors (Lipinski definition) is 7. The molecule has 0 radical (unpaired) electrons. The largest absolute Gasteiger partial charge is 0.489 e. The topological polar surface area (TPSA) is 368 Å². The normalized spacial score (nSPS) is 18.2. The SMILES string of the molecule is CN1C(=Cc2cc[n+](CCC[N+](C)(C)CC(C[N+](C)(C)CCC[n+]3ccc(C=C4Sc5ccccc5N4C)c4ccccc43)OCCCCCC(=O)NCCOCCOCCOCCOCCOCCOCCOCCNP(=O)(O)OP(=O)(O)OP(=O)(O)OC[C@H]3O[C@@H](n4cnc5c(N)ncnc54)CC3O)c3ccccc23)Sc2ccccc21. The molecule has 6 atom stereocenters. The minimum absolute atomic E-state index is 0.00901. The zero-order valence-corrected chi connectivity index (χ0v) is 72.9. The number of ether oxygens (including phenoxy) is 9. The van der Waals surface area contributed by atoms with Gasteiger partial charge in [0.2, 0.25) is 16.9 Å². The molecule has 4 unspecified atom stereocenters. The van der Waals surface area contributed by atoms with E-state index in [1.807, 2.05) is 28.6 Å². The van der Waals surface area contributed by atoms with Gasteiger partial charge >= 0.3 is 23.4 Å². The van der Waals surface area contributed by atoms with Crippen molar-refractivity contribution in [3.8, 4) is 0 Å². The van der Waals surface area contributed by atoms with Gasteiger partial charge in [0.15, 0.2) is 43.1 Å². The number of carbonyl (C=O) groups excluding carboxylic acids is 1. The van der Waals surface area contributed by atoms with Crippen molar-refractivity contribution in [3.05, 3.63) is 155 Å². The number of thioether (sulfide) groups is 2. The number of nitrogen functional groups attached to an aromatic ring is 1. The van der Waals surface area contributed by atoms with E-state index in [0.29, 0.717) is 96.8 Å². The molecule has 3 aliphatic heterocycles. The third kappa shape index (κ3) is 28.9. The lowest BCUT2D eigenvalue weighted by Crippen LogP contribution is -2.54. The zero-order valence-electron chi connectivity index (χ0n) is 68.6. The number of nitrogens with two attached hydrogens (primary N) is 1. The first-order valence-corrected chi connectivity index (χ1v) is 46.4. The number of pyridine rings is 2. The number of phosphoric ester groups is 1. The Labute approximate surface area is 703 Å². The number of nitrogens with one attached hydrogen (secondary N) is 2. The Morgan fingerprint density at radius 1 is 0.605 bits per heavy atom. The quantitative estimate of drug-likeness (QED) is 0.00807. The van der Waals surface area contributed by atoms with Gasteiger partial charge in [0.1, 0.15) is 37.3 Å². The van der Waals surface area contributed by atoms with Crippen molar-refractivity contribution in [1.29, 1.82) is 0 Å². The number of unbranched alkanes of at least 4 members (excludes halogenated alkanes) is 2. The lowest BCUT2D eigenvalue weighted by atomic mass is 10.1. The van der Waals surface area contributed by atoms with Crippen molar-refractivity contribution in [3.63, 3.8) is 0 Å². The van der Waals surface area contributed by atoms with Crippen molar-refractivity contribution < 1.29 is 112 Å². The molecule has 8 aromatic rings. The zero-order chi connectivity index (χ0) is 84.3. The number of fused-ring (bicyclic) bond motifs is 5. The number of phosphoric acid groups is 2. The van der Waals surface area contributed by atoms with Crippen LogP contribution in [0.15, 0.2) is 154 Å². The number of anilines is 3. The van der Waals surface area contributed by atoms with Crippen LogP contribution in [0.1, 0.15) is 62.3 Å². The molecule has 33 nitrogen and oxygen atoms in total. The Kier molecular flexibility index (Phi) is 35.6. The van der Waals surface area contributed by atoms with Crippen molar-refractivity contribution in [1.82, 2.24) is 29.9 Å². The number of quaternary nitrogens is 2. The smallest absolute Gasteiger partial charge is 0.390 e. The first-order chi connectivity index (χ1) is 57.3. The van der Waals surface area contributed by atoms with E-state index in [2.05, 4.69) is 224 Å². The predicted octanol–water partition coefficient (Wildman–Crippen LogP) is 9.47. The number of likely N-dealkylation sites (N-methyl/N-ethyl adjacent to an activating group) is 2. The standard InChI is InChI=1S/C81H112N13O20P3S2/c1-88-69-24-13-15-26-73(69)118-77(88)54-62-29-35-90(67-22-11-9-20-65(62)67)33-18-37-93(3,4)57-64(58-94(5,6)38-19-34-91-36-30-63(66-21-10-12-23-68(66)91)55-78-89(2)70-25-14-16-27-74(70)119-78)110-39-17-7-8-28-75(96)83-31-40-103-42-44-105-46-48-107-50-52-109-53-51-108-49-47-106-45-43-104-41-32-87-115(97,98)113-117(101,102)114-116(99,100)111-59-72-71(95)56-76(112-72)92-61-86-79-80(82)84-60-85-81(79)92/h9-16,20-27,29-30,35-36,54-55,60-61,64,71-72,76,95H,7-8,17-19,28,31-34,37-53,56-59H2,1-6H3,(H3-4,82,83,84,85,87,96,97,98,99,100,101,102)/p+4/t71?,72-,76-/m1/s1. The molecule has 0 spiro atoms. The summed E-state index contributed by atoms with van der Waals surface area (Å²) < 4.78 is 110. The van der Waals surface area contributed by atoms with Crippen LogP contribution < -0.4 is 35.1 Å². The minimum Gasteiger partial charge on any atom is -0.390 e. The average molecular weight is 1750 g/mol. The summed E-state index contributed by atoms with van der Waals surface area (Å²) in [6.45, 7) is 9.50. The number of benzene rings is 4. The first-order valence-electron chi connectivity index (χ1n) is 40.2. The summed E-state index contributed by atoms with van der Waals surface area (Å²) in [6.07, 6.45) is 13.4. The van der Waals surface area contributed by atoms with E-state index in [9.17, 15) is 38.3 Å². The highest BCUT2D eigenvalue weighted by Gasteiger charge is 2.44. The van der Waals surface area contributed by atoms with Crippen LogP contribution in [0.2, 0.25) is 0 Å². The maximum Gasteiger partial charge on any atom is 0.489 e. The van der Waals surface area contributed by atoms with E-state index < -0.39 is 48.4 Å². The van der Waals surface area contributed by atoms with Crippen LogP contribution >= 0.6 is 46.9 Å². The summed E-state index contributed by atoms with van der Waals surface area (Å²) in [5.41, 5.74) is 13.8. The van der Waals surface area contributed by atoms with Gasteiger partial charge in [0.05, 0.1) is 198 Å². The number of aryl methyl sites for hydroxylation is 2. The lowest BCUT2D eigenvalue weighted by molar-refractivity contribution is -0.916. The van der Waals surface area contributed by atoms with Gasteiger partial charge in [0, 0.05) is 80.7 Å². The third-order valence-corrected chi connectivity index (χ3v) is 27.0. The lowest BCUT2D eigenvalue weighted by Gasteiger charge is -2.37. The van der Waals surface area contributed by atoms with Crippen LogP contribution in [0.3, 0.4) is 0 Å². The van der Waals surface area contributed by atoms with Gasteiger partial charge in [-0.2, -0.15) is 17.8 Å². The number of hydrogen-bond acceptors (Lipinski definition) is 25. The van der Waals surface area contributed by atoms with Gasteiger partial charge in [-0.1, -0.05) is 78.5 Å². The summed E-state index contributed by atoms with van der Waals surface area (Å²) in [6, 6.07) is 39.2. The van der Waals surface area contributed by atoms with E-state index in [1.54, 1.807) is 0 Å². The monoisotopic (exact) mass is 1750 g/mol. The molecule has 648 valence electrons. The van der Waals surface area contributed by atoms with Crippen LogP contribution in [0.25, 0.3) is 45.1 Å². The summed E-state index contributed by atoms with van der Waals surface area (Å²) in [5.74, 6) is 0.128. The molecule has 3 aliphatic rings. The number of para-hydroxylation sites is 4. The van der Waals surface area contributed by atoms with Crippen LogP contribution in [-0.2, 0) is 87.4 Å². The molecule has 4 aromatic heterocycles. The Morgan fingerprint density at radius 2 is 1.09 bits per heavy atom. The van der Waals surface area contributed by atoms with Crippen LogP contribution in [0.5, 0.6) is 0 Å². The van der Waals surface area contributed by atoms with Crippen LogP contribution in [-0.4, -0.2) is 260 Å². The molecule has 1 amide bonds. The minimum atomic E-state index is -5.69. The molecule has 38 heteroatoms. The van der Waals surface area contributed by atoms with E-state index in [-0.39, 0.29) is 57.2 Å². The second-order valence-corrected chi connectivity index (χ2v) is 37.3. The van der Waals surface area contributed by atoms with Crippen LogP contribution in [0, 0.1) is 0 Å². The molecule has 0 saturated carbocycles. The number of amides is 1. The fourth-order valence-electron chi connectivity index (χ4n) is 14.3. The predicted molar refractivity (Wildman–Crippen MR) is 455 cm³/mol.